The van der Waals surface area contributed by atoms with Crippen molar-refractivity contribution >= 4 is 27.3 Å². The lowest BCUT2D eigenvalue weighted by atomic mass is 10.3. The molecule has 4 heteroatoms. The van der Waals surface area contributed by atoms with E-state index in [1.165, 1.54) is 15.1 Å². The first-order chi connectivity index (χ1) is 6.78. The average Bonchev–Trinajstić information content (AvgIpc) is 2.76. The van der Waals surface area contributed by atoms with Gasteiger partial charge in [-0.25, -0.2) is 0 Å². The summed E-state index contributed by atoms with van der Waals surface area (Å²) in [6.07, 6.45) is 1.61. The van der Waals surface area contributed by atoms with Gasteiger partial charge in [0.2, 0.25) is 0 Å². The Kier molecular flexibility index (Phi) is 3.60. The number of hydrogen-bond donors (Lipinski definition) is 0. The molecule has 1 unspecified atom stereocenters. The SMILES string of the molecule is COC1CCN(Cc2ccc(Br)s2)C1. The van der Waals surface area contributed by atoms with Crippen LogP contribution in [0.25, 0.3) is 0 Å². The van der Waals surface area contributed by atoms with Crippen molar-refractivity contribution < 1.29 is 4.74 Å². The maximum absolute atomic E-state index is 5.34. The molecule has 0 N–H and O–H groups in total. The Morgan fingerprint density at radius 3 is 3.07 bits per heavy atom. The molecule has 0 spiro atoms. The number of halogens is 1. The van der Waals surface area contributed by atoms with Gasteiger partial charge >= 0.3 is 0 Å². The number of hydrogen-bond acceptors (Lipinski definition) is 3. The molecule has 1 aliphatic rings. The van der Waals surface area contributed by atoms with Gasteiger partial charge in [-0.3, -0.25) is 4.90 Å². The van der Waals surface area contributed by atoms with Crippen LogP contribution in [0.1, 0.15) is 11.3 Å². The summed E-state index contributed by atoms with van der Waals surface area (Å²) in [6.45, 7) is 3.30. The van der Waals surface area contributed by atoms with Gasteiger partial charge in [-0.15, -0.1) is 11.3 Å². The lowest BCUT2D eigenvalue weighted by Gasteiger charge is -2.13. The van der Waals surface area contributed by atoms with E-state index in [-0.39, 0.29) is 0 Å². The molecule has 14 heavy (non-hydrogen) atoms. The highest BCUT2D eigenvalue weighted by Crippen LogP contribution is 2.24. The molecule has 78 valence electrons. The highest BCUT2D eigenvalue weighted by Gasteiger charge is 2.21. The van der Waals surface area contributed by atoms with Crippen molar-refractivity contribution in [3.05, 3.63) is 20.8 Å². The maximum atomic E-state index is 5.34. The van der Waals surface area contributed by atoms with Gasteiger partial charge in [0.25, 0.3) is 0 Å². The summed E-state index contributed by atoms with van der Waals surface area (Å²) in [5.41, 5.74) is 0. The zero-order valence-corrected chi connectivity index (χ0v) is 10.6. The standard InChI is InChI=1S/C10H14BrNOS/c1-13-8-4-5-12(6-8)7-9-2-3-10(11)14-9/h2-3,8H,4-7H2,1H3. The van der Waals surface area contributed by atoms with Gasteiger partial charge in [0, 0.05) is 31.6 Å². The first kappa shape index (κ1) is 10.6. The molecule has 1 aliphatic heterocycles. The van der Waals surface area contributed by atoms with Crippen molar-refractivity contribution in [3.63, 3.8) is 0 Å². The van der Waals surface area contributed by atoms with E-state index in [0.717, 1.165) is 19.6 Å². The first-order valence-corrected chi connectivity index (χ1v) is 6.38. The Bertz CT molecular complexity index is 302. The molecule has 0 radical (unpaired) electrons. The number of methoxy groups -OCH3 is 1. The van der Waals surface area contributed by atoms with Gasteiger partial charge in [-0.1, -0.05) is 0 Å². The van der Waals surface area contributed by atoms with Crippen LogP contribution in [0.5, 0.6) is 0 Å². The number of likely N-dealkylation sites (tertiary alicyclic amines) is 1. The number of thiophene rings is 1. The summed E-state index contributed by atoms with van der Waals surface area (Å²) in [7, 11) is 1.80. The van der Waals surface area contributed by atoms with E-state index in [1.807, 2.05) is 11.3 Å². The van der Waals surface area contributed by atoms with Crippen LogP contribution in [0.3, 0.4) is 0 Å². The fourth-order valence-corrected chi connectivity index (χ4v) is 3.32. The Morgan fingerprint density at radius 2 is 2.50 bits per heavy atom. The zero-order chi connectivity index (χ0) is 9.97. The fourth-order valence-electron chi connectivity index (χ4n) is 1.79. The topological polar surface area (TPSA) is 12.5 Å². The van der Waals surface area contributed by atoms with E-state index < -0.39 is 0 Å². The van der Waals surface area contributed by atoms with Crippen LogP contribution in [0.4, 0.5) is 0 Å². The molecule has 1 saturated heterocycles. The maximum Gasteiger partial charge on any atom is 0.0710 e. The molecule has 0 saturated carbocycles. The van der Waals surface area contributed by atoms with E-state index in [2.05, 4.69) is 33.0 Å². The fraction of sp³-hybridized carbons (Fsp3) is 0.600. The summed E-state index contributed by atoms with van der Waals surface area (Å²) in [4.78, 5) is 3.88. The minimum absolute atomic E-state index is 0.443. The third-order valence-electron chi connectivity index (χ3n) is 2.57. The van der Waals surface area contributed by atoms with Gasteiger partial charge < -0.3 is 4.74 Å². The predicted molar refractivity (Wildman–Crippen MR) is 62.7 cm³/mol. The lowest BCUT2D eigenvalue weighted by Crippen LogP contribution is -2.21. The third kappa shape index (κ3) is 2.57. The highest BCUT2D eigenvalue weighted by atomic mass is 79.9. The Labute approximate surface area is 97.0 Å². The summed E-state index contributed by atoms with van der Waals surface area (Å²) >= 11 is 5.30. The van der Waals surface area contributed by atoms with E-state index >= 15 is 0 Å². The number of ether oxygens (including phenoxy) is 1. The van der Waals surface area contributed by atoms with Crippen LogP contribution in [0.2, 0.25) is 0 Å². The minimum Gasteiger partial charge on any atom is -0.380 e. The molecule has 2 heterocycles. The highest BCUT2D eigenvalue weighted by molar-refractivity contribution is 9.11. The smallest absolute Gasteiger partial charge is 0.0710 e. The van der Waals surface area contributed by atoms with E-state index in [1.54, 1.807) is 7.11 Å². The van der Waals surface area contributed by atoms with Crippen LogP contribution in [-0.4, -0.2) is 31.2 Å². The molecule has 2 rings (SSSR count). The quantitative estimate of drug-likeness (QED) is 0.841. The lowest BCUT2D eigenvalue weighted by molar-refractivity contribution is 0.107. The summed E-state index contributed by atoms with van der Waals surface area (Å²) in [5, 5.41) is 0. The zero-order valence-electron chi connectivity index (χ0n) is 8.20. The number of nitrogens with zero attached hydrogens (tertiary/aromatic N) is 1. The minimum atomic E-state index is 0.443. The van der Waals surface area contributed by atoms with E-state index in [9.17, 15) is 0 Å². The van der Waals surface area contributed by atoms with Crippen molar-refractivity contribution in [3.8, 4) is 0 Å². The predicted octanol–water partition coefficient (Wildman–Crippen LogP) is 2.73. The second-order valence-corrected chi connectivity index (χ2v) is 6.13. The Morgan fingerprint density at radius 1 is 1.64 bits per heavy atom. The van der Waals surface area contributed by atoms with Crippen LogP contribution < -0.4 is 0 Å². The largest absolute Gasteiger partial charge is 0.380 e. The molecular formula is C10H14BrNOS. The monoisotopic (exact) mass is 275 g/mol. The second kappa shape index (κ2) is 4.75. The van der Waals surface area contributed by atoms with Gasteiger partial charge in [0.05, 0.1) is 9.89 Å². The van der Waals surface area contributed by atoms with Crippen molar-refractivity contribution in [2.24, 2.45) is 0 Å². The summed E-state index contributed by atoms with van der Waals surface area (Å²) in [6, 6.07) is 4.30. The molecule has 0 aromatic carbocycles. The van der Waals surface area contributed by atoms with E-state index in [4.69, 9.17) is 4.74 Å². The average molecular weight is 276 g/mol. The second-order valence-electron chi connectivity index (χ2n) is 3.59. The first-order valence-electron chi connectivity index (χ1n) is 4.77. The number of rotatable bonds is 3. The molecule has 1 fully saturated rings. The van der Waals surface area contributed by atoms with Crippen LogP contribution in [-0.2, 0) is 11.3 Å². The van der Waals surface area contributed by atoms with Crippen molar-refractivity contribution in [2.45, 2.75) is 19.1 Å². The normalized spacial score (nSPS) is 23.1. The molecule has 1 atom stereocenters. The molecule has 0 amide bonds. The molecule has 1 aromatic heterocycles. The van der Waals surface area contributed by atoms with Crippen molar-refractivity contribution in [1.29, 1.82) is 0 Å². The molecular weight excluding hydrogens is 262 g/mol. The third-order valence-corrected chi connectivity index (χ3v) is 4.18. The molecule has 1 aromatic rings. The van der Waals surface area contributed by atoms with Crippen LogP contribution in [0, 0.1) is 0 Å². The van der Waals surface area contributed by atoms with E-state index in [0.29, 0.717) is 6.10 Å². The van der Waals surface area contributed by atoms with Crippen molar-refractivity contribution in [1.82, 2.24) is 4.90 Å². The molecule has 0 bridgehead atoms. The van der Waals surface area contributed by atoms with Gasteiger partial charge in [0.1, 0.15) is 0 Å². The van der Waals surface area contributed by atoms with Crippen LogP contribution >= 0.6 is 27.3 Å². The molecule has 0 aliphatic carbocycles. The van der Waals surface area contributed by atoms with Gasteiger partial charge in [-0.2, -0.15) is 0 Å². The Hall–Kier alpha value is 0.1000. The molecule has 2 nitrogen and oxygen atoms in total. The van der Waals surface area contributed by atoms with Crippen molar-refractivity contribution in [2.75, 3.05) is 20.2 Å². The summed E-state index contributed by atoms with van der Waals surface area (Å²) in [5.74, 6) is 0. The Balaban J connectivity index is 1.87. The summed E-state index contributed by atoms with van der Waals surface area (Å²) < 4.78 is 6.55. The van der Waals surface area contributed by atoms with Gasteiger partial charge in [0.15, 0.2) is 0 Å². The van der Waals surface area contributed by atoms with Crippen LogP contribution in [0.15, 0.2) is 15.9 Å². The van der Waals surface area contributed by atoms with Gasteiger partial charge in [-0.05, 0) is 34.5 Å².